The number of ether oxygens (including phenoxy) is 1. The summed E-state index contributed by atoms with van der Waals surface area (Å²) in [6, 6.07) is 19.9. The maximum atomic E-state index is 12.6. The number of sulfonamides is 1. The summed E-state index contributed by atoms with van der Waals surface area (Å²) >= 11 is 0. The summed E-state index contributed by atoms with van der Waals surface area (Å²) in [5.74, 6) is -0.0788. The van der Waals surface area contributed by atoms with E-state index in [0.717, 1.165) is 0 Å². The first kappa shape index (κ1) is 23.0. The molecule has 0 spiro atoms. The van der Waals surface area contributed by atoms with Crippen molar-refractivity contribution < 1.29 is 22.7 Å². The number of hydrogen-bond acceptors (Lipinski definition) is 6. The fourth-order valence-corrected chi connectivity index (χ4v) is 4.51. The summed E-state index contributed by atoms with van der Waals surface area (Å²) in [7, 11) is -2.11. The van der Waals surface area contributed by atoms with Gasteiger partial charge in [-0.25, -0.2) is 4.79 Å². The van der Waals surface area contributed by atoms with E-state index in [-0.39, 0.29) is 23.2 Å². The van der Waals surface area contributed by atoms with Crippen molar-refractivity contribution in [1.29, 1.82) is 0 Å². The van der Waals surface area contributed by atoms with Gasteiger partial charge in [0.15, 0.2) is 5.84 Å². The van der Waals surface area contributed by atoms with Crippen LogP contribution < -0.4 is 15.5 Å². The third-order valence-corrected chi connectivity index (χ3v) is 6.43. The number of carbonyl (C=O) groups excluding carboxylic acids is 2. The van der Waals surface area contributed by atoms with Gasteiger partial charge in [0, 0.05) is 35.2 Å². The van der Waals surface area contributed by atoms with Gasteiger partial charge in [-0.15, -0.1) is 4.40 Å². The lowest BCUT2D eigenvalue weighted by atomic mass is 10.1. The van der Waals surface area contributed by atoms with Crippen molar-refractivity contribution in [3.05, 3.63) is 83.9 Å². The van der Waals surface area contributed by atoms with Crippen LogP contribution in [0.2, 0.25) is 0 Å². The van der Waals surface area contributed by atoms with Crippen molar-refractivity contribution in [2.75, 3.05) is 29.2 Å². The molecule has 0 unspecified atom stereocenters. The molecule has 34 heavy (non-hydrogen) atoms. The number of anilines is 3. The summed E-state index contributed by atoms with van der Waals surface area (Å²) < 4.78 is 33.1. The van der Waals surface area contributed by atoms with Crippen molar-refractivity contribution in [1.82, 2.24) is 0 Å². The zero-order valence-corrected chi connectivity index (χ0v) is 19.3. The number of rotatable bonds is 5. The number of amidine groups is 1. The molecule has 0 atom stereocenters. The van der Waals surface area contributed by atoms with Gasteiger partial charge < -0.3 is 15.4 Å². The Bertz CT molecular complexity index is 1370. The highest BCUT2D eigenvalue weighted by molar-refractivity contribution is 7.90. The number of hydrogen-bond donors (Lipinski definition) is 2. The molecule has 174 valence electrons. The molecule has 9 nitrogen and oxygen atoms in total. The molecule has 2 amide bonds. The Balaban J connectivity index is 1.41. The topological polar surface area (TPSA) is 117 Å². The van der Waals surface area contributed by atoms with Crippen LogP contribution in [0.4, 0.5) is 21.9 Å². The smallest absolute Gasteiger partial charge is 0.413 e. The van der Waals surface area contributed by atoms with E-state index in [0.29, 0.717) is 28.2 Å². The summed E-state index contributed by atoms with van der Waals surface area (Å²) in [5, 5.41) is 5.80. The van der Waals surface area contributed by atoms with E-state index in [1.54, 1.807) is 80.7 Å². The molecule has 0 aromatic heterocycles. The molecule has 3 aromatic rings. The molecule has 0 saturated heterocycles. The lowest BCUT2D eigenvalue weighted by molar-refractivity contribution is 0.102. The molecule has 10 heteroatoms. The zero-order valence-electron chi connectivity index (χ0n) is 18.5. The number of fused-ring (bicyclic) bond motifs is 1. The minimum Gasteiger partial charge on any atom is -0.449 e. The van der Waals surface area contributed by atoms with Crippen molar-refractivity contribution in [3.8, 4) is 0 Å². The van der Waals surface area contributed by atoms with Crippen LogP contribution in [0, 0.1) is 0 Å². The largest absolute Gasteiger partial charge is 0.449 e. The quantitative estimate of drug-likeness (QED) is 0.570. The van der Waals surface area contributed by atoms with Crippen LogP contribution >= 0.6 is 0 Å². The molecule has 1 heterocycles. The van der Waals surface area contributed by atoms with Crippen LogP contribution in [0.15, 0.2) is 82.1 Å². The van der Waals surface area contributed by atoms with E-state index >= 15 is 0 Å². The zero-order chi connectivity index (χ0) is 24.3. The molecule has 3 aromatic carbocycles. The fourth-order valence-electron chi connectivity index (χ4n) is 3.33. The van der Waals surface area contributed by atoms with Crippen LogP contribution in [0.3, 0.4) is 0 Å². The highest BCUT2D eigenvalue weighted by atomic mass is 32.2. The number of benzene rings is 3. The maximum Gasteiger partial charge on any atom is 0.413 e. The van der Waals surface area contributed by atoms with Crippen LogP contribution in [0.25, 0.3) is 0 Å². The third-order valence-electron chi connectivity index (χ3n) is 5.10. The molecule has 0 saturated carbocycles. The first-order valence-electron chi connectivity index (χ1n) is 10.4. The highest BCUT2D eigenvalue weighted by Gasteiger charge is 2.28. The number of nitrogens with zero attached hydrogens (tertiary/aromatic N) is 2. The van der Waals surface area contributed by atoms with Gasteiger partial charge in [-0.05, 0) is 67.6 Å². The summed E-state index contributed by atoms with van der Waals surface area (Å²) in [6.45, 7) is 2.02. The molecule has 1 aliphatic rings. The van der Waals surface area contributed by atoms with E-state index < -0.39 is 16.1 Å². The van der Waals surface area contributed by atoms with E-state index in [2.05, 4.69) is 15.0 Å². The number of nitrogens with one attached hydrogen (secondary N) is 2. The van der Waals surface area contributed by atoms with E-state index in [1.807, 2.05) is 0 Å². The Morgan fingerprint density at radius 2 is 1.59 bits per heavy atom. The predicted molar refractivity (Wildman–Crippen MR) is 130 cm³/mol. The molecular weight excluding hydrogens is 456 g/mol. The van der Waals surface area contributed by atoms with E-state index in [4.69, 9.17) is 4.74 Å². The van der Waals surface area contributed by atoms with Gasteiger partial charge in [-0.3, -0.25) is 9.69 Å². The Kier molecular flexibility index (Phi) is 6.33. The van der Waals surface area contributed by atoms with Gasteiger partial charge in [0.05, 0.1) is 6.61 Å². The lowest BCUT2D eigenvalue weighted by Gasteiger charge is -2.17. The number of carbonyl (C=O) groups is 2. The normalized spacial score (nSPS) is 13.4. The first-order chi connectivity index (χ1) is 16.3. The second-order valence-corrected chi connectivity index (χ2v) is 8.94. The molecule has 1 aliphatic heterocycles. The minimum absolute atomic E-state index is 0.160. The van der Waals surface area contributed by atoms with Crippen molar-refractivity contribution in [2.45, 2.75) is 11.8 Å². The fraction of sp³-hybridized carbons (Fsp3) is 0.125. The minimum atomic E-state index is -3.71. The summed E-state index contributed by atoms with van der Waals surface area (Å²) in [4.78, 5) is 26.0. The Hall–Kier alpha value is -4.18. The molecule has 0 radical (unpaired) electrons. The van der Waals surface area contributed by atoms with Gasteiger partial charge in [0.1, 0.15) is 4.90 Å². The van der Waals surface area contributed by atoms with E-state index in [1.165, 1.54) is 11.0 Å². The molecule has 0 fully saturated rings. The first-order valence-corrected chi connectivity index (χ1v) is 11.9. The van der Waals surface area contributed by atoms with Gasteiger partial charge in [0.2, 0.25) is 0 Å². The Morgan fingerprint density at radius 3 is 2.26 bits per heavy atom. The van der Waals surface area contributed by atoms with Gasteiger partial charge >= 0.3 is 6.09 Å². The van der Waals surface area contributed by atoms with Crippen LogP contribution in [0.5, 0.6) is 0 Å². The molecule has 0 aliphatic carbocycles. The summed E-state index contributed by atoms with van der Waals surface area (Å²) in [5.41, 5.74) is 2.70. The molecule has 0 bridgehead atoms. The average molecular weight is 479 g/mol. The van der Waals surface area contributed by atoms with Crippen LogP contribution in [-0.2, 0) is 14.8 Å². The SMILES string of the molecule is CCOC(=O)N(C)c1ccc(NC(=O)c2ccc(NC3=NS(=O)(=O)c4ccccc43)cc2)cc1. The molecule has 4 rings (SSSR count). The molecule has 2 N–H and O–H groups in total. The highest BCUT2D eigenvalue weighted by Crippen LogP contribution is 2.27. The Morgan fingerprint density at radius 1 is 0.941 bits per heavy atom. The monoisotopic (exact) mass is 478 g/mol. The van der Waals surface area contributed by atoms with Crippen molar-refractivity contribution >= 4 is 44.9 Å². The molecular formula is C24H22N4O5S. The standard InChI is InChI=1S/C24H22N4O5S/c1-3-33-24(30)28(2)19-14-12-18(13-15-19)26-23(29)16-8-10-17(11-9-16)25-22-20-6-4-5-7-21(20)34(31,32)27-22/h4-15H,3H2,1-2H3,(H,25,27)(H,26,29). The average Bonchev–Trinajstić information content (AvgIpc) is 3.09. The second-order valence-electron chi connectivity index (χ2n) is 7.37. The lowest BCUT2D eigenvalue weighted by Crippen LogP contribution is -2.26. The van der Waals surface area contributed by atoms with Crippen LogP contribution in [-0.4, -0.2) is 39.9 Å². The second kappa shape index (κ2) is 9.36. The van der Waals surface area contributed by atoms with Crippen molar-refractivity contribution in [2.24, 2.45) is 4.40 Å². The van der Waals surface area contributed by atoms with Gasteiger partial charge in [-0.1, -0.05) is 12.1 Å². The number of amides is 2. The van der Waals surface area contributed by atoms with Crippen molar-refractivity contribution in [3.63, 3.8) is 0 Å². The predicted octanol–water partition coefficient (Wildman–Crippen LogP) is 4.09. The van der Waals surface area contributed by atoms with E-state index in [9.17, 15) is 18.0 Å². The Labute approximate surface area is 197 Å². The van der Waals surface area contributed by atoms with Gasteiger partial charge in [0.25, 0.3) is 15.9 Å². The summed E-state index contributed by atoms with van der Waals surface area (Å²) in [6.07, 6.45) is -0.461. The maximum absolute atomic E-state index is 12.6. The van der Waals surface area contributed by atoms with Gasteiger partial charge in [-0.2, -0.15) is 8.42 Å². The van der Waals surface area contributed by atoms with Crippen LogP contribution in [0.1, 0.15) is 22.8 Å². The third kappa shape index (κ3) is 4.76.